The van der Waals surface area contributed by atoms with Crippen LogP contribution in [0.5, 0.6) is 0 Å². The van der Waals surface area contributed by atoms with E-state index >= 15 is 0 Å². The monoisotopic (exact) mass is 363 g/mol. The van der Waals surface area contributed by atoms with E-state index in [9.17, 15) is 9.90 Å². The van der Waals surface area contributed by atoms with E-state index in [-0.39, 0.29) is 12.1 Å². The van der Waals surface area contributed by atoms with E-state index < -0.39 is 6.10 Å². The molecule has 0 aliphatic rings. The SMILES string of the molecule is Cn1cccc1C(O)CCNC(=O)NC(c1ccccc1)c1ccccc1. The van der Waals surface area contributed by atoms with Gasteiger partial charge in [-0.1, -0.05) is 60.7 Å². The largest absolute Gasteiger partial charge is 0.387 e. The van der Waals surface area contributed by atoms with Crippen LogP contribution in [0.4, 0.5) is 4.79 Å². The third kappa shape index (κ3) is 4.99. The Morgan fingerprint density at radius 2 is 1.56 bits per heavy atom. The van der Waals surface area contributed by atoms with Crippen LogP contribution in [0.3, 0.4) is 0 Å². The standard InChI is InChI=1S/C22H25N3O2/c1-25-16-8-13-19(25)20(26)14-15-23-22(27)24-21(17-9-4-2-5-10-17)18-11-6-3-7-12-18/h2-13,16,20-21,26H,14-15H2,1H3,(H2,23,24,27). The van der Waals surface area contributed by atoms with Crippen molar-refractivity contribution in [3.63, 3.8) is 0 Å². The van der Waals surface area contributed by atoms with E-state index in [0.717, 1.165) is 16.8 Å². The van der Waals surface area contributed by atoms with Gasteiger partial charge in [-0.15, -0.1) is 0 Å². The Morgan fingerprint density at radius 1 is 0.963 bits per heavy atom. The molecule has 0 saturated carbocycles. The molecule has 2 amide bonds. The van der Waals surface area contributed by atoms with Gasteiger partial charge >= 0.3 is 6.03 Å². The van der Waals surface area contributed by atoms with Crippen LogP contribution in [0.25, 0.3) is 0 Å². The second-order valence-corrected chi connectivity index (χ2v) is 6.50. The zero-order valence-electron chi connectivity index (χ0n) is 15.4. The van der Waals surface area contributed by atoms with E-state index in [1.165, 1.54) is 0 Å². The van der Waals surface area contributed by atoms with Crippen LogP contribution in [0.15, 0.2) is 79.0 Å². The molecule has 0 bridgehead atoms. The van der Waals surface area contributed by atoms with Crippen molar-refractivity contribution in [1.82, 2.24) is 15.2 Å². The number of aliphatic hydroxyl groups excluding tert-OH is 1. The molecule has 0 saturated heterocycles. The summed E-state index contributed by atoms with van der Waals surface area (Å²) in [7, 11) is 1.89. The summed E-state index contributed by atoms with van der Waals surface area (Å²) >= 11 is 0. The number of aliphatic hydroxyl groups is 1. The van der Waals surface area contributed by atoms with Gasteiger partial charge in [-0.2, -0.15) is 0 Å². The van der Waals surface area contributed by atoms with Crippen molar-refractivity contribution >= 4 is 6.03 Å². The summed E-state index contributed by atoms with van der Waals surface area (Å²) in [5.74, 6) is 0. The Morgan fingerprint density at radius 3 is 2.07 bits per heavy atom. The van der Waals surface area contributed by atoms with Crippen LogP contribution in [0.2, 0.25) is 0 Å². The number of rotatable bonds is 7. The molecule has 0 spiro atoms. The highest BCUT2D eigenvalue weighted by molar-refractivity contribution is 5.75. The van der Waals surface area contributed by atoms with E-state index in [2.05, 4.69) is 10.6 Å². The number of carbonyl (C=O) groups excluding carboxylic acids is 1. The van der Waals surface area contributed by atoms with Gasteiger partial charge in [0.25, 0.3) is 0 Å². The zero-order chi connectivity index (χ0) is 19.1. The fourth-order valence-electron chi connectivity index (χ4n) is 3.12. The molecule has 0 fully saturated rings. The van der Waals surface area contributed by atoms with Gasteiger partial charge in [0.05, 0.1) is 12.1 Å². The third-order valence-electron chi connectivity index (χ3n) is 4.57. The molecule has 1 aromatic heterocycles. The fourth-order valence-corrected chi connectivity index (χ4v) is 3.12. The number of hydrogen-bond acceptors (Lipinski definition) is 2. The smallest absolute Gasteiger partial charge is 0.315 e. The summed E-state index contributed by atoms with van der Waals surface area (Å²) in [4.78, 5) is 12.4. The topological polar surface area (TPSA) is 66.3 Å². The molecule has 3 N–H and O–H groups in total. The minimum Gasteiger partial charge on any atom is -0.387 e. The molecule has 27 heavy (non-hydrogen) atoms. The van der Waals surface area contributed by atoms with Crippen LogP contribution >= 0.6 is 0 Å². The van der Waals surface area contributed by atoms with Crippen LogP contribution in [0.1, 0.15) is 35.4 Å². The lowest BCUT2D eigenvalue weighted by Gasteiger charge is -2.20. The van der Waals surface area contributed by atoms with Crippen LogP contribution < -0.4 is 10.6 Å². The zero-order valence-corrected chi connectivity index (χ0v) is 15.4. The number of urea groups is 1. The summed E-state index contributed by atoms with van der Waals surface area (Å²) in [6.07, 6.45) is 1.74. The molecule has 0 radical (unpaired) electrons. The Balaban J connectivity index is 1.59. The highest BCUT2D eigenvalue weighted by atomic mass is 16.3. The number of aryl methyl sites for hydroxylation is 1. The number of benzene rings is 2. The van der Waals surface area contributed by atoms with Gasteiger partial charge in [0, 0.05) is 25.5 Å². The van der Waals surface area contributed by atoms with Crippen molar-refractivity contribution < 1.29 is 9.90 Å². The lowest BCUT2D eigenvalue weighted by molar-refractivity contribution is 0.159. The number of nitrogens with one attached hydrogen (secondary N) is 2. The maximum atomic E-state index is 12.4. The summed E-state index contributed by atoms with van der Waals surface area (Å²) in [5.41, 5.74) is 2.87. The first-order valence-electron chi connectivity index (χ1n) is 9.08. The number of aromatic nitrogens is 1. The second-order valence-electron chi connectivity index (χ2n) is 6.50. The Bertz CT molecular complexity index is 807. The number of hydrogen-bond donors (Lipinski definition) is 3. The van der Waals surface area contributed by atoms with E-state index in [1.54, 1.807) is 0 Å². The lowest BCUT2D eigenvalue weighted by atomic mass is 9.99. The molecular formula is C22H25N3O2. The maximum Gasteiger partial charge on any atom is 0.315 e. The quantitative estimate of drug-likeness (QED) is 0.601. The van der Waals surface area contributed by atoms with Gasteiger partial charge in [0.15, 0.2) is 0 Å². The molecule has 1 heterocycles. The van der Waals surface area contributed by atoms with E-state index in [4.69, 9.17) is 0 Å². The Hall–Kier alpha value is -3.05. The minimum atomic E-state index is -0.607. The van der Waals surface area contributed by atoms with Gasteiger partial charge in [-0.05, 0) is 29.7 Å². The summed E-state index contributed by atoms with van der Waals surface area (Å²) in [6.45, 7) is 0.383. The fraction of sp³-hybridized carbons (Fsp3) is 0.227. The van der Waals surface area contributed by atoms with Gasteiger partial charge in [0.1, 0.15) is 0 Å². The molecule has 5 nitrogen and oxygen atoms in total. The predicted octanol–water partition coefficient (Wildman–Crippen LogP) is 3.54. The second kappa shape index (κ2) is 9.05. The minimum absolute atomic E-state index is 0.231. The molecule has 0 aliphatic carbocycles. The van der Waals surface area contributed by atoms with Gasteiger partial charge in [0.2, 0.25) is 0 Å². The van der Waals surface area contributed by atoms with Gasteiger partial charge < -0.3 is 20.3 Å². The van der Waals surface area contributed by atoms with Crippen LogP contribution in [-0.4, -0.2) is 22.2 Å². The molecule has 0 aliphatic heterocycles. The van der Waals surface area contributed by atoms with Gasteiger partial charge in [-0.3, -0.25) is 0 Å². The average molecular weight is 363 g/mol. The van der Waals surface area contributed by atoms with Crippen molar-refractivity contribution in [1.29, 1.82) is 0 Å². The molecule has 140 valence electrons. The van der Waals surface area contributed by atoms with Crippen LogP contribution in [-0.2, 0) is 7.05 Å². The molecule has 3 rings (SSSR count). The first-order valence-corrected chi connectivity index (χ1v) is 9.08. The molecule has 2 aromatic carbocycles. The van der Waals surface area contributed by atoms with E-state index in [1.807, 2.05) is 90.6 Å². The van der Waals surface area contributed by atoms with Crippen molar-refractivity contribution in [2.24, 2.45) is 7.05 Å². The highest BCUT2D eigenvalue weighted by Gasteiger charge is 2.17. The van der Waals surface area contributed by atoms with Crippen molar-refractivity contribution in [2.45, 2.75) is 18.6 Å². The Labute approximate surface area is 159 Å². The van der Waals surface area contributed by atoms with Crippen LogP contribution in [0, 0.1) is 0 Å². The third-order valence-corrected chi connectivity index (χ3v) is 4.57. The molecular weight excluding hydrogens is 338 g/mol. The Kier molecular flexibility index (Phi) is 6.28. The first kappa shape index (κ1) is 18.7. The van der Waals surface area contributed by atoms with Crippen molar-refractivity contribution in [3.05, 3.63) is 95.8 Å². The van der Waals surface area contributed by atoms with Crippen molar-refractivity contribution in [2.75, 3.05) is 6.54 Å². The summed E-state index contributed by atoms with van der Waals surface area (Å²) < 4.78 is 1.88. The predicted molar refractivity (Wildman–Crippen MR) is 106 cm³/mol. The summed E-state index contributed by atoms with van der Waals surface area (Å²) in [5, 5.41) is 16.1. The van der Waals surface area contributed by atoms with Crippen molar-refractivity contribution in [3.8, 4) is 0 Å². The lowest BCUT2D eigenvalue weighted by Crippen LogP contribution is -2.39. The molecule has 3 aromatic rings. The number of amides is 2. The van der Waals surface area contributed by atoms with E-state index in [0.29, 0.717) is 13.0 Å². The average Bonchev–Trinajstić information content (AvgIpc) is 3.13. The highest BCUT2D eigenvalue weighted by Crippen LogP contribution is 2.21. The summed E-state index contributed by atoms with van der Waals surface area (Å²) in [6, 6.07) is 23.0. The number of carbonyl (C=O) groups is 1. The van der Waals surface area contributed by atoms with Gasteiger partial charge in [-0.25, -0.2) is 4.79 Å². The normalized spacial score (nSPS) is 12.0. The molecule has 5 heteroatoms. The first-order chi connectivity index (χ1) is 13.1. The maximum absolute atomic E-state index is 12.4. The number of nitrogens with zero attached hydrogens (tertiary/aromatic N) is 1. The molecule has 1 unspecified atom stereocenters. The molecule has 1 atom stereocenters.